The molecule has 1 amide bonds. The van der Waals surface area contributed by atoms with Gasteiger partial charge in [-0.25, -0.2) is 8.78 Å². The molecule has 21 heavy (non-hydrogen) atoms. The van der Waals surface area contributed by atoms with Gasteiger partial charge in [0.15, 0.2) is 12.4 Å². The van der Waals surface area contributed by atoms with E-state index in [9.17, 15) is 13.6 Å². The Kier molecular flexibility index (Phi) is 4.37. The number of halogens is 2. The summed E-state index contributed by atoms with van der Waals surface area (Å²) in [6, 6.07) is 8.81. The van der Waals surface area contributed by atoms with Crippen molar-refractivity contribution in [2.24, 2.45) is 0 Å². The maximum Gasteiger partial charge on any atom is 0.262 e. The second-order valence-electron chi connectivity index (χ2n) is 4.46. The number of nitrogens with one attached hydrogen (secondary N) is 1. The number of carbonyl (C=O) groups is 1. The number of aryl methyl sites for hydroxylation is 1. The molecule has 0 aliphatic heterocycles. The quantitative estimate of drug-likeness (QED) is 0.852. The lowest BCUT2D eigenvalue weighted by Crippen LogP contribution is -2.21. The molecule has 0 aromatic heterocycles. The summed E-state index contributed by atoms with van der Waals surface area (Å²) in [5, 5.41) is 2.16. The molecule has 2 rings (SSSR count). The first kappa shape index (κ1) is 14.8. The van der Waals surface area contributed by atoms with E-state index in [1.54, 1.807) is 24.3 Å². The first-order valence-corrected chi connectivity index (χ1v) is 6.20. The highest BCUT2D eigenvalue weighted by atomic mass is 19.1. The van der Waals surface area contributed by atoms with E-state index < -0.39 is 23.2 Å². The summed E-state index contributed by atoms with van der Waals surface area (Å²) in [5.41, 5.74) is 5.85. The average molecular weight is 292 g/mol. The molecule has 2 aromatic rings. The van der Waals surface area contributed by atoms with Crippen molar-refractivity contribution < 1.29 is 18.3 Å². The van der Waals surface area contributed by atoms with E-state index in [0.717, 1.165) is 6.07 Å². The highest BCUT2D eigenvalue weighted by molar-refractivity contribution is 5.92. The average Bonchev–Trinajstić information content (AvgIpc) is 2.47. The molecule has 4 nitrogen and oxygen atoms in total. The number of hydrogen-bond donors (Lipinski definition) is 2. The number of anilines is 2. The Bertz CT molecular complexity index is 657. The molecule has 0 aliphatic carbocycles. The summed E-state index contributed by atoms with van der Waals surface area (Å²) in [7, 11) is 0. The number of rotatable bonds is 4. The molecule has 0 unspecified atom stereocenters. The number of amides is 1. The Morgan fingerprint density at radius 3 is 2.52 bits per heavy atom. The third-order valence-corrected chi connectivity index (χ3v) is 2.80. The summed E-state index contributed by atoms with van der Waals surface area (Å²) in [6.07, 6.45) is 0. The van der Waals surface area contributed by atoms with Gasteiger partial charge in [-0.2, -0.15) is 0 Å². The van der Waals surface area contributed by atoms with Crippen LogP contribution < -0.4 is 15.8 Å². The summed E-state index contributed by atoms with van der Waals surface area (Å²) in [4.78, 5) is 11.7. The zero-order valence-corrected chi connectivity index (χ0v) is 11.3. The topological polar surface area (TPSA) is 64.3 Å². The second-order valence-corrected chi connectivity index (χ2v) is 4.46. The SMILES string of the molecule is Cc1ccc(F)c(NC(=O)COc2ccc(N)cc2)c1F. The summed E-state index contributed by atoms with van der Waals surface area (Å²) >= 11 is 0. The van der Waals surface area contributed by atoms with Crippen LogP contribution in [0.25, 0.3) is 0 Å². The minimum absolute atomic E-state index is 0.242. The van der Waals surface area contributed by atoms with Crippen LogP contribution in [0.5, 0.6) is 5.75 Å². The second kappa shape index (κ2) is 6.21. The third kappa shape index (κ3) is 3.68. The van der Waals surface area contributed by atoms with E-state index in [-0.39, 0.29) is 12.2 Å². The van der Waals surface area contributed by atoms with Crippen LogP contribution in [-0.4, -0.2) is 12.5 Å². The predicted molar refractivity (Wildman–Crippen MR) is 76.1 cm³/mol. The Morgan fingerprint density at radius 2 is 1.86 bits per heavy atom. The van der Waals surface area contributed by atoms with E-state index in [0.29, 0.717) is 11.4 Å². The number of hydrogen-bond acceptors (Lipinski definition) is 3. The fourth-order valence-corrected chi connectivity index (χ4v) is 1.66. The van der Waals surface area contributed by atoms with Gasteiger partial charge in [0.2, 0.25) is 0 Å². The molecular formula is C15H14F2N2O2. The maximum atomic E-state index is 13.7. The number of nitrogens with two attached hydrogens (primary N) is 1. The smallest absolute Gasteiger partial charge is 0.262 e. The third-order valence-electron chi connectivity index (χ3n) is 2.80. The molecule has 0 aliphatic rings. The highest BCUT2D eigenvalue weighted by Crippen LogP contribution is 2.21. The molecule has 6 heteroatoms. The van der Waals surface area contributed by atoms with Crippen molar-refractivity contribution in [1.82, 2.24) is 0 Å². The van der Waals surface area contributed by atoms with Crippen molar-refractivity contribution in [3.05, 3.63) is 53.6 Å². The number of ether oxygens (including phenoxy) is 1. The maximum absolute atomic E-state index is 13.7. The number of carbonyl (C=O) groups excluding carboxylic acids is 1. The predicted octanol–water partition coefficient (Wildman–Crippen LogP) is 2.87. The molecule has 0 fully saturated rings. The van der Waals surface area contributed by atoms with E-state index in [1.165, 1.54) is 13.0 Å². The van der Waals surface area contributed by atoms with Crippen LogP contribution in [0.4, 0.5) is 20.2 Å². The lowest BCUT2D eigenvalue weighted by Gasteiger charge is -2.10. The summed E-state index contributed by atoms with van der Waals surface area (Å²) in [6.45, 7) is 1.12. The molecular weight excluding hydrogens is 278 g/mol. The largest absolute Gasteiger partial charge is 0.484 e. The van der Waals surface area contributed by atoms with Gasteiger partial charge >= 0.3 is 0 Å². The van der Waals surface area contributed by atoms with Crippen LogP contribution in [-0.2, 0) is 4.79 Å². The van der Waals surface area contributed by atoms with Crippen LogP contribution in [0.1, 0.15) is 5.56 Å². The minimum Gasteiger partial charge on any atom is -0.484 e. The monoisotopic (exact) mass is 292 g/mol. The molecule has 0 saturated heterocycles. The normalized spacial score (nSPS) is 10.2. The van der Waals surface area contributed by atoms with Crippen molar-refractivity contribution in [2.75, 3.05) is 17.7 Å². The molecule has 0 saturated carbocycles. The lowest BCUT2D eigenvalue weighted by atomic mass is 10.2. The van der Waals surface area contributed by atoms with E-state index in [1.807, 2.05) is 0 Å². The molecule has 0 bridgehead atoms. The molecule has 0 spiro atoms. The lowest BCUT2D eigenvalue weighted by molar-refractivity contribution is -0.118. The molecule has 0 atom stereocenters. The van der Waals surface area contributed by atoms with Gasteiger partial charge in [-0.1, -0.05) is 6.07 Å². The van der Waals surface area contributed by atoms with Crippen LogP contribution in [0, 0.1) is 18.6 Å². The van der Waals surface area contributed by atoms with Gasteiger partial charge in [-0.15, -0.1) is 0 Å². The fraction of sp³-hybridized carbons (Fsp3) is 0.133. The van der Waals surface area contributed by atoms with Gasteiger partial charge in [0.1, 0.15) is 17.3 Å². The van der Waals surface area contributed by atoms with Crippen molar-refractivity contribution in [2.45, 2.75) is 6.92 Å². The van der Waals surface area contributed by atoms with E-state index in [4.69, 9.17) is 10.5 Å². The van der Waals surface area contributed by atoms with Gasteiger partial charge in [0.05, 0.1) is 0 Å². The fourth-order valence-electron chi connectivity index (χ4n) is 1.66. The van der Waals surface area contributed by atoms with Gasteiger partial charge in [0.25, 0.3) is 5.91 Å². The van der Waals surface area contributed by atoms with E-state index in [2.05, 4.69) is 5.32 Å². The minimum atomic E-state index is -0.834. The summed E-state index contributed by atoms with van der Waals surface area (Å²) < 4.78 is 32.4. The van der Waals surface area contributed by atoms with Crippen LogP contribution in [0.15, 0.2) is 36.4 Å². The number of nitrogen functional groups attached to an aromatic ring is 1. The van der Waals surface area contributed by atoms with Crippen molar-refractivity contribution in [1.29, 1.82) is 0 Å². The molecule has 0 heterocycles. The Morgan fingerprint density at radius 1 is 1.19 bits per heavy atom. The van der Waals surface area contributed by atoms with Crippen LogP contribution in [0.3, 0.4) is 0 Å². The summed E-state index contributed by atoms with van der Waals surface area (Å²) in [5.74, 6) is -1.85. The number of benzene rings is 2. The Hall–Kier alpha value is -2.63. The van der Waals surface area contributed by atoms with Crippen molar-refractivity contribution in [3.8, 4) is 5.75 Å². The van der Waals surface area contributed by atoms with Crippen molar-refractivity contribution in [3.63, 3.8) is 0 Å². The molecule has 3 N–H and O–H groups in total. The molecule has 2 aromatic carbocycles. The molecule has 0 radical (unpaired) electrons. The van der Waals surface area contributed by atoms with Gasteiger partial charge in [-0.3, -0.25) is 4.79 Å². The first-order chi connectivity index (χ1) is 9.97. The van der Waals surface area contributed by atoms with Crippen molar-refractivity contribution >= 4 is 17.3 Å². The van der Waals surface area contributed by atoms with Crippen LogP contribution >= 0.6 is 0 Å². The first-order valence-electron chi connectivity index (χ1n) is 6.20. The van der Waals surface area contributed by atoms with Gasteiger partial charge < -0.3 is 15.8 Å². The Balaban J connectivity index is 1.99. The zero-order chi connectivity index (χ0) is 15.4. The highest BCUT2D eigenvalue weighted by Gasteiger charge is 2.14. The Labute approximate surface area is 120 Å². The van der Waals surface area contributed by atoms with Gasteiger partial charge in [-0.05, 0) is 42.8 Å². The molecule has 110 valence electrons. The zero-order valence-electron chi connectivity index (χ0n) is 11.3. The van der Waals surface area contributed by atoms with E-state index >= 15 is 0 Å². The van der Waals surface area contributed by atoms with Gasteiger partial charge in [0, 0.05) is 5.69 Å². The standard InChI is InChI=1S/C15H14F2N2O2/c1-9-2-7-12(16)15(14(9)17)19-13(20)8-21-11-5-3-10(18)4-6-11/h2-7H,8,18H2,1H3,(H,19,20). The van der Waals surface area contributed by atoms with Crippen LogP contribution in [0.2, 0.25) is 0 Å².